The quantitative estimate of drug-likeness (QED) is 0.783. The number of carboxylic acids is 1. The second-order valence-electron chi connectivity index (χ2n) is 4.62. The van der Waals surface area contributed by atoms with E-state index in [-0.39, 0.29) is 6.42 Å². The van der Waals surface area contributed by atoms with Crippen molar-refractivity contribution in [2.75, 3.05) is 0 Å². The lowest BCUT2D eigenvalue weighted by Gasteiger charge is -2.00. The molecular weight excluding hydrogens is 315 g/mol. The Kier molecular flexibility index (Phi) is 5.59. The lowest BCUT2D eigenvalue weighted by molar-refractivity contribution is -0.137. The fraction of sp³-hybridized carbons (Fsp3) is 0.357. The van der Waals surface area contributed by atoms with Gasteiger partial charge in [0.25, 0.3) is 0 Å². The van der Waals surface area contributed by atoms with Crippen molar-refractivity contribution in [1.82, 2.24) is 10.1 Å². The zero-order valence-electron chi connectivity index (χ0n) is 11.2. The maximum atomic E-state index is 10.4. The molecule has 0 spiro atoms. The Bertz CT molecular complexity index is 628. The Morgan fingerprint density at radius 1 is 1.29 bits per heavy atom. The summed E-state index contributed by atoms with van der Waals surface area (Å²) < 4.78 is 5.13. The van der Waals surface area contributed by atoms with Crippen LogP contribution >= 0.6 is 23.2 Å². The maximum absolute atomic E-state index is 10.4. The third-order valence-corrected chi connectivity index (χ3v) is 3.49. The Morgan fingerprint density at radius 3 is 2.81 bits per heavy atom. The summed E-state index contributed by atoms with van der Waals surface area (Å²) in [6, 6.07) is 5.26. The molecular formula is C14H14Cl2N2O3. The van der Waals surface area contributed by atoms with Gasteiger partial charge in [-0.25, -0.2) is 0 Å². The highest BCUT2D eigenvalue weighted by atomic mass is 35.5. The van der Waals surface area contributed by atoms with E-state index in [2.05, 4.69) is 10.1 Å². The molecule has 0 radical (unpaired) electrons. The van der Waals surface area contributed by atoms with Crippen LogP contribution in [0.2, 0.25) is 10.0 Å². The summed E-state index contributed by atoms with van der Waals surface area (Å²) in [4.78, 5) is 14.7. The van der Waals surface area contributed by atoms with Crippen LogP contribution in [0.1, 0.15) is 36.5 Å². The molecule has 1 aromatic heterocycles. The number of aryl methyl sites for hydroxylation is 1. The first-order valence-corrected chi connectivity index (χ1v) is 7.27. The molecule has 0 unspecified atom stereocenters. The van der Waals surface area contributed by atoms with E-state index in [1.807, 2.05) is 6.07 Å². The van der Waals surface area contributed by atoms with Gasteiger partial charge < -0.3 is 9.63 Å². The highest BCUT2D eigenvalue weighted by Gasteiger charge is 2.10. The predicted molar refractivity (Wildman–Crippen MR) is 78.8 cm³/mol. The minimum atomic E-state index is -0.793. The Balaban J connectivity index is 1.89. The van der Waals surface area contributed by atoms with Crippen molar-refractivity contribution in [2.45, 2.75) is 32.1 Å². The third-order valence-electron chi connectivity index (χ3n) is 2.91. The van der Waals surface area contributed by atoms with Gasteiger partial charge in [0.05, 0.1) is 0 Å². The lowest BCUT2D eigenvalue weighted by atomic mass is 10.1. The van der Waals surface area contributed by atoms with Crippen molar-refractivity contribution in [3.05, 3.63) is 45.5 Å². The smallest absolute Gasteiger partial charge is 0.303 e. The van der Waals surface area contributed by atoms with Crippen molar-refractivity contribution in [3.8, 4) is 0 Å². The first-order valence-electron chi connectivity index (χ1n) is 6.52. The third kappa shape index (κ3) is 5.02. The Hall–Kier alpha value is -1.59. The van der Waals surface area contributed by atoms with Crippen LogP contribution in [-0.2, 0) is 17.6 Å². The van der Waals surface area contributed by atoms with Crippen LogP contribution in [-0.4, -0.2) is 21.2 Å². The summed E-state index contributed by atoms with van der Waals surface area (Å²) in [5.41, 5.74) is 0.874. The van der Waals surface area contributed by atoms with E-state index in [4.69, 9.17) is 32.8 Å². The summed E-state index contributed by atoms with van der Waals surface area (Å²) in [5.74, 6) is 0.270. The molecule has 0 saturated carbocycles. The van der Waals surface area contributed by atoms with Gasteiger partial charge in [-0.2, -0.15) is 4.98 Å². The highest BCUT2D eigenvalue weighted by Crippen LogP contribution is 2.22. The van der Waals surface area contributed by atoms with Gasteiger partial charge in [0.15, 0.2) is 5.82 Å². The molecule has 0 saturated heterocycles. The molecule has 0 aliphatic heterocycles. The van der Waals surface area contributed by atoms with Gasteiger partial charge in [-0.3, -0.25) is 4.79 Å². The van der Waals surface area contributed by atoms with Crippen LogP contribution in [0.25, 0.3) is 0 Å². The number of halogens is 2. The molecule has 5 nitrogen and oxygen atoms in total. The number of carbonyl (C=O) groups is 1. The molecule has 7 heteroatoms. The molecule has 21 heavy (non-hydrogen) atoms. The number of benzene rings is 1. The molecule has 1 aromatic carbocycles. The molecule has 1 heterocycles. The molecule has 0 aliphatic carbocycles. The van der Waals surface area contributed by atoms with Crippen molar-refractivity contribution in [1.29, 1.82) is 0 Å². The molecule has 0 fully saturated rings. The van der Waals surface area contributed by atoms with Gasteiger partial charge >= 0.3 is 5.97 Å². The number of aromatic nitrogens is 2. The fourth-order valence-corrected chi connectivity index (χ4v) is 2.33. The topological polar surface area (TPSA) is 76.2 Å². The van der Waals surface area contributed by atoms with E-state index < -0.39 is 5.97 Å². The monoisotopic (exact) mass is 328 g/mol. The van der Waals surface area contributed by atoms with Crippen LogP contribution in [0.5, 0.6) is 0 Å². The molecule has 0 atom stereocenters. The maximum Gasteiger partial charge on any atom is 0.303 e. The van der Waals surface area contributed by atoms with E-state index >= 15 is 0 Å². The lowest BCUT2D eigenvalue weighted by Crippen LogP contribution is -1.95. The predicted octanol–water partition coefficient (Wildman–Crippen LogP) is 3.76. The molecule has 0 amide bonds. The van der Waals surface area contributed by atoms with Gasteiger partial charge in [0, 0.05) is 29.3 Å². The SMILES string of the molecule is O=C(O)CCCCc1nc(Cc2ccc(Cl)cc2Cl)no1. The van der Waals surface area contributed by atoms with Gasteiger partial charge in [0.1, 0.15) is 0 Å². The number of carboxylic acid groups (broad SMARTS) is 1. The Labute approximate surface area is 131 Å². The second-order valence-corrected chi connectivity index (χ2v) is 5.46. The minimum Gasteiger partial charge on any atom is -0.481 e. The number of rotatable bonds is 7. The zero-order chi connectivity index (χ0) is 15.2. The fourth-order valence-electron chi connectivity index (χ4n) is 1.85. The first-order chi connectivity index (χ1) is 10.0. The van der Waals surface area contributed by atoms with Gasteiger partial charge in [-0.05, 0) is 30.5 Å². The summed E-state index contributed by atoms with van der Waals surface area (Å²) in [5, 5.41) is 13.6. The van der Waals surface area contributed by atoms with Crippen LogP contribution in [0, 0.1) is 0 Å². The van der Waals surface area contributed by atoms with Gasteiger partial charge in [0.2, 0.25) is 5.89 Å². The van der Waals surface area contributed by atoms with Gasteiger partial charge in [-0.1, -0.05) is 34.4 Å². The summed E-state index contributed by atoms with van der Waals surface area (Å²) >= 11 is 11.9. The average Bonchev–Trinajstić information content (AvgIpc) is 2.85. The van der Waals surface area contributed by atoms with E-state index in [1.165, 1.54) is 0 Å². The average molecular weight is 329 g/mol. The van der Waals surface area contributed by atoms with Crippen molar-refractivity contribution in [3.63, 3.8) is 0 Å². The van der Waals surface area contributed by atoms with Crippen LogP contribution in [0.3, 0.4) is 0 Å². The highest BCUT2D eigenvalue weighted by molar-refractivity contribution is 6.35. The molecule has 2 aromatic rings. The van der Waals surface area contributed by atoms with Crippen LogP contribution in [0.4, 0.5) is 0 Å². The normalized spacial score (nSPS) is 10.8. The number of nitrogens with zero attached hydrogens (tertiary/aromatic N) is 2. The standard InChI is InChI=1S/C14H14Cl2N2O3/c15-10-6-5-9(11(16)8-10)7-12-17-13(21-18-12)3-1-2-4-14(19)20/h5-6,8H,1-4,7H2,(H,19,20). The Morgan fingerprint density at radius 2 is 2.10 bits per heavy atom. The first kappa shape index (κ1) is 15.8. The summed E-state index contributed by atoms with van der Waals surface area (Å²) in [6.07, 6.45) is 2.50. The minimum absolute atomic E-state index is 0.154. The van der Waals surface area contributed by atoms with Gasteiger partial charge in [-0.15, -0.1) is 0 Å². The van der Waals surface area contributed by atoms with E-state index in [0.717, 1.165) is 5.56 Å². The van der Waals surface area contributed by atoms with Crippen molar-refractivity contribution < 1.29 is 14.4 Å². The summed E-state index contributed by atoms with van der Waals surface area (Å²) in [7, 11) is 0. The number of hydrogen-bond donors (Lipinski definition) is 1. The molecule has 2 rings (SSSR count). The summed E-state index contributed by atoms with van der Waals surface area (Å²) in [6.45, 7) is 0. The molecule has 112 valence electrons. The van der Waals surface area contributed by atoms with Crippen LogP contribution in [0.15, 0.2) is 22.7 Å². The molecule has 0 bridgehead atoms. The van der Waals surface area contributed by atoms with E-state index in [9.17, 15) is 4.79 Å². The van der Waals surface area contributed by atoms with Crippen molar-refractivity contribution >= 4 is 29.2 Å². The van der Waals surface area contributed by atoms with E-state index in [1.54, 1.807) is 12.1 Å². The second kappa shape index (κ2) is 7.43. The van der Waals surface area contributed by atoms with Crippen molar-refractivity contribution in [2.24, 2.45) is 0 Å². The largest absolute Gasteiger partial charge is 0.481 e. The number of aliphatic carboxylic acids is 1. The molecule has 0 aliphatic rings. The number of unbranched alkanes of at least 4 members (excludes halogenated alkanes) is 1. The number of hydrogen-bond acceptors (Lipinski definition) is 4. The van der Waals surface area contributed by atoms with E-state index in [0.29, 0.717) is 47.4 Å². The zero-order valence-corrected chi connectivity index (χ0v) is 12.7. The van der Waals surface area contributed by atoms with Crippen LogP contribution < -0.4 is 0 Å². The molecule has 1 N–H and O–H groups in total.